The molecule has 18 heavy (non-hydrogen) atoms. The van der Waals surface area contributed by atoms with Gasteiger partial charge in [0.15, 0.2) is 0 Å². The molecule has 0 saturated carbocycles. The highest BCUT2D eigenvalue weighted by Crippen LogP contribution is 2.09. The number of rotatable bonds is 8. The molecule has 0 saturated heterocycles. The van der Waals surface area contributed by atoms with Crippen LogP contribution in [0.2, 0.25) is 0 Å². The van der Waals surface area contributed by atoms with E-state index in [1.54, 1.807) is 0 Å². The third-order valence-corrected chi connectivity index (χ3v) is 2.63. The Hall–Kier alpha value is -1.28. The van der Waals surface area contributed by atoms with Gasteiger partial charge in [-0.3, -0.25) is 0 Å². The first kappa shape index (κ1) is 14.8. The second-order valence-corrected chi connectivity index (χ2v) is 4.75. The molecule has 0 radical (unpaired) electrons. The first-order chi connectivity index (χ1) is 8.72. The Morgan fingerprint density at radius 2 is 2.00 bits per heavy atom. The first-order valence-electron chi connectivity index (χ1n) is 6.78. The van der Waals surface area contributed by atoms with E-state index in [0.29, 0.717) is 6.04 Å². The third-order valence-electron chi connectivity index (χ3n) is 2.63. The van der Waals surface area contributed by atoms with Crippen molar-refractivity contribution >= 4 is 0 Å². The van der Waals surface area contributed by atoms with E-state index in [1.165, 1.54) is 5.57 Å². The Balaban J connectivity index is 2.35. The van der Waals surface area contributed by atoms with Crippen LogP contribution >= 0.6 is 0 Å². The Morgan fingerprint density at radius 3 is 2.61 bits per heavy atom. The number of para-hydroxylation sites is 1. The van der Waals surface area contributed by atoms with Gasteiger partial charge in [-0.05, 0) is 38.9 Å². The van der Waals surface area contributed by atoms with Crippen LogP contribution in [0.3, 0.4) is 0 Å². The van der Waals surface area contributed by atoms with Crippen LogP contribution in [-0.2, 0) is 0 Å². The zero-order valence-electron chi connectivity index (χ0n) is 11.8. The molecular formula is C16H25NO. The monoisotopic (exact) mass is 247 g/mol. The molecule has 0 amide bonds. The van der Waals surface area contributed by atoms with Crippen LogP contribution in [0.15, 0.2) is 42.0 Å². The Bertz CT molecular complexity index is 341. The minimum atomic E-state index is 0.415. The zero-order valence-corrected chi connectivity index (χ0v) is 11.8. The lowest BCUT2D eigenvalue weighted by Gasteiger charge is -2.16. The van der Waals surface area contributed by atoms with Gasteiger partial charge in [-0.2, -0.15) is 0 Å². The summed E-state index contributed by atoms with van der Waals surface area (Å²) >= 11 is 0. The molecule has 1 rings (SSSR count). The largest absolute Gasteiger partial charge is 0.494 e. The number of hydrogen-bond acceptors (Lipinski definition) is 2. The fraction of sp³-hybridized carbons (Fsp3) is 0.500. The Labute approximate surface area is 111 Å². The summed E-state index contributed by atoms with van der Waals surface area (Å²) in [4.78, 5) is 0. The second-order valence-electron chi connectivity index (χ2n) is 4.75. The van der Waals surface area contributed by atoms with Crippen LogP contribution in [-0.4, -0.2) is 19.2 Å². The van der Waals surface area contributed by atoms with Crippen LogP contribution in [0.1, 0.15) is 33.6 Å². The lowest BCUT2D eigenvalue weighted by molar-refractivity contribution is 0.296. The van der Waals surface area contributed by atoms with Gasteiger partial charge < -0.3 is 10.1 Å². The molecule has 0 bridgehead atoms. The van der Waals surface area contributed by atoms with E-state index in [4.69, 9.17) is 4.74 Å². The fourth-order valence-electron chi connectivity index (χ4n) is 1.80. The molecule has 0 heterocycles. The average molecular weight is 247 g/mol. The van der Waals surface area contributed by atoms with Crippen molar-refractivity contribution < 1.29 is 4.74 Å². The summed E-state index contributed by atoms with van der Waals surface area (Å²) in [6.45, 7) is 8.26. The van der Waals surface area contributed by atoms with Gasteiger partial charge in [0.2, 0.25) is 0 Å². The van der Waals surface area contributed by atoms with Crippen LogP contribution in [0, 0.1) is 0 Å². The molecule has 0 aliphatic heterocycles. The van der Waals surface area contributed by atoms with Crippen molar-refractivity contribution in [3.05, 3.63) is 42.0 Å². The molecule has 2 nitrogen and oxygen atoms in total. The van der Waals surface area contributed by atoms with E-state index in [9.17, 15) is 0 Å². The molecule has 100 valence electrons. The number of benzene rings is 1. The highest BCUT2D eigenvalue weighted by Gasteiger charge is 2.04. The maximum Gasteiger partial charge on any atom is 0.119 e. The summed E-state index contributed by atoms with van der Waals surface area (Å²) in [5.74, 6) is 0.948. The van der Waals surface area contributed by atoms with E-state index in [2.05, 4.69) is 32.2 Å². The summed E-state index contributed by atoms with van der Waals surface area (Å²) in [5.41, 5.74) is 1.35. The van der Waals surface area contributed by atoms with Crippen molar-refractivity contribution in [2.45, 2.75) is 39.7 Å². The fourth-order valence-corrected chi connectivity index (χ4v) is 1.80. The molecule has 0 aliphatic carbocycles. The van der Waals surface area contributed by atoms with E-state index in [0.717, 1.165) is 31.7 Å². The number of nitrogens with one attached hydrogen (secondary N) is 1. The molecule has 0 fully saturated rings. The molecule has 1 N–H and O–H groups in total. The molecule has 0 aliphatic rings. The van der Waals surface area contributed by atoms with Gasteiger partial charge in [0.05, 0.1) is 6.61 Å². The molecule has 0 spiro atoms. The van der Waals surface area contributed by atoms with Crippen molar-refractivity contribution in [3.8, 4) is 5.75 Å². The van der Waals surface area contributed by atoms with E-state index < -0.39 is 0 Å². The number of allylic oxidation sites excluding steroid dienone is 1. The Kier molecular flexibility index (Phi) is 7.19. The number of hydrogen-bond donors (Lipinski definition) is 1. The Morgan fingerprint density at radius 1 is 1.28 bits per heavy atom. The van der Waals surface area contributed by atoms with E-state index in [-0.39, 0.29) is 0 Å². The normalized spacial score (nSPS) is 11.9. The van der Waals surface area contributed by atoms with Gasteiger partial charge in [-0.1, -0.05) is 36.8 Å². The van der Waals surface area contributed by atoms with Crippen LogP contribution in [0.25, 0.3) is 0 Å². The van der Waals surface area contributed by atoms with Gasteiger partial charge in [0.25, 0.3) is 0 Å². The van der Waals surface area contributed by atoms with Gasteiger partial charge in [-0.15, -0.1) is 0 Å². The summed E-state index contributed by atoms with van der Waals surface area (Å²) in [7, 11) is 0. The predicted molar refractivity (Wildman–Crippen MR) is 78.1 cm³/mol. The van der Waals surface area contributed by atoms with Crippen molar-refractivity contribution in [1.29, 1.82) is 0 Å². The summed E-state index contributed by atoms with van der Waals surface area (Å²) < 4.78 is 5.73. The second kappa shape index (κ2) is 8.76. The van der Waals surface area contributed by atoms with Gasteiger partial charge >= 0.3 is 0 Å². The standard InChI is InChI=1S/C16H25NO/c1-4-11-17-15(13-14(2)3)10-12-18-16-8-6-5-7-9-16/h5-9,13,15,17H,4,10-12H2,1-3H3. The maximum absolute atomic E-state index is 5.73. The molecule has 1 atom stereocenters. The molecule has 1 unspecified atom stereocenters. The highest BCUT2D eigenvalue weighted by atomic mass is 16.5. The molecule has 0 aromatic heterocycles. The van der Waals surface area contributed by atoms with E-state index >= 15 is 0 Å². The third kappa shape index (κ3) is 6.45. The summed E-state index contributed by atoms with van der Waals surface area (Å²) in [6.07, 6.45) is 4.44. The average Bonchev–Trinajstić information content (AvgIpc) is 2.36. The molecular weight excluding hydrogens is 222 g/mol. The first-order valence-corrected chi connectivity index (χ1v) is 6.78. The molecule has 1 aromatic rings. The van der Waals surface area contributed by atoms with Gasteiger partial charge in [0.1, 0.15) is 5.75 Å². The van der Waals surface area contributed by atoms with Crippen LogP contribution < -0.4 is 10.1 Å². The van der Waals surface area contributed by atoms with Crippen molar-refractivity contribution in [3.63, 3.8) is 0 Å². The molecule has 2 heteroatoms. The summed E-state index contributed by atoms with van der Waals surface area (Å²) in [6, 6.07) is 10.4. The lowest BCUT2D eigenvalue weighted by atomic mass is 10.1. The van der Waals surface area contributed by atoms with Crippen molar-refractivity contribution in [2.24, 2.45) is 0 Å². The SMILES string of the molecule is CCCNC(C=C(C)C)CCOc1ccccc1. The van der Waals surface area contributed by atoms with Crippen molar-refractivity contribution in [1.82, 2.24) is 5.32 Å². The lowest BCUT2D eigenvalue weighted by Crippen LogP contribution is -2.29. The number of ether oxygens (including phenoxy) is 1. The van der Waals surface area contributed by atoms with E-state index in [1.807, 2.05) is 30.3 Å². The highest BCUT2D eigenvalue weighted by molar-refractivity contribution is 5.20. The minimum Gasteiger partial charge on any atom is -0.494 e. The van der Waals surface area contributed by atoms with Crippen LogP contribution in [0.4, 0.5) is 0 Å². The maximum atomic E-state index is 5.73. The quantitative estimate of drug-likeness (QED) is 0.706. The van der Waals surface area contributed by atoms with Gasteiger partial charge in [0, 0.05) is 12.5 Å². The topological polar surface area (TPSA) is 21.3 Å². The smallest absolute Gasteiger partial charge is 0.119 e. The van der Waals surface area contributed by atoms with Crippen molar-refractivity contribution in [2.75, 3.05) is 13.2 Å². The van der Waals surface area contributed by atoms with Crippen LogP contribution in [0.5, 0.6) is 5.75 Å². The minimum absolute atomic E-state index is 0.415. The zero-order chi connectivity index (χ0) is 13.2. The summed E-state index contributed by atoms with van der Waals surface area (Å²) in [5, 5.41) is 3.53. The molecule has 1 aromatic carbocycles. The predicted octanol–water partition coefficient (Wildman–Crippen LogP) is 3.79. The van der Waals surface area contributed by atoms with Gasteiger partial charge in [-0.25, -0.2) is 0 Å².